The van der Waals surface area contributed by atoms with Crippen LogP contribution in [0.2, 0.25) is 5.02 Å². The number of halogens is 1. The lowest BCUT2D eigenvalue weighted by atomic mass is 10.2. The predicted molar refractivity (Wildman–Crippen MR) is 83.3 cm³/mol. The van der Waals surface area contributed by atoms with Crippen molar-refractivity contribution in [3.05, 3.63) is 29.3 Å². The Balaban J connectivity index is 1.69. The van der Waals surface area contributed by atoms with Gasteiger partial charge in [0.25, 0.3) is 0 Å². The molecule has 0 radical (unpaired) electrons. The van der Waals surface area contributed by atoms with Gasteiger partial charge in [-0.15, -0.1) is 0 Å². The summed E-state index contributed by atoms with van der Waals surface area (Å²) in [4.78, 5) is 16.7. The highest BCUT2D eigenvalue weighted by Gasteiger charge is 2.15. The predicted octanol–water partition coefficient (Wildman–Crippen LogP) is 2.31. The minimum atomic E-state index is 0.0604. The number of piperazine rings is 1. The van der Waals surface area contributed by atoms with E-state index in [1.807, 2.05) is 12.1 Å². The summed E-state index contributed by atoms with van der Waals surface area (Å²) < 4.78 is 0. The summed E-state index contributed by atoms with van der Waals surface area (Å²) in [6, 6.07) is 7.20. The number of carbonyl (C=O) groups excluding carboxylic acids is 1. The maximum Gasteiger partial charge on any atom is 0.225 e. The molecule has 110 valence electrons. The molecule has 0 spiro atoms. The molecule has 5 heteroatoms. The third-order valence-corrected chi connectivity index (χ3v) is 3.95. The molecule has 1 N–H and O–H groups in total. The molecule has 1 aliphatic rings. The highest BCUT2D eigenvalue weighted by Crippen LogP contribution is 2.13. The first kappa shape index (κ1) is 15.3. The first-order valence-corrected chi connectivity index (χ1v) is 7.55. The molecule has 0 unspecified atom stereocenters. The molecule has 0 bridgehead atoms. The second-order valence-electron chi connectivity index (χ2n) is 5.08. The van der Waals surface area contributed by atoms with Crippen molar-refractivity contribution >= 4 is 23.2 Å². The molecule has 0 atom stereocenters. The summed E-state index contributed by atoms with van der Waals surface area (Å²) in [5.74, 6) is 0.0604. The van der Waals surface area contributed by atoms with Gasteiger partial charge in [-0.05, 0) is 30.8 Å². The average molecular weight is 296 g/mol. The van der Waals surface area contributed by atoms with Gasteiger partial charge < -0.3 is 15.1 Å². The molecule has 1 amide bonds. The Labute approximate surface area is 125 Å². The number of anilines is 1. The smallest absolute Gasteiger partial charge is 0.225 e. The zero-order valence-electron chi connectivity index (χ0n) is 11.9. The molecular weight excluding hydrogens is 274 g/mol. The monoisotopic (exact) mass is 295 g/mol. The van der Waals surface area contributed by atoms with E-state index in [9.17, 15) is 4.79 Å². The molecule has 1 saturated heterocycles. The molecular formula is C15H22ClN3O. The Bertz CT molecular complexity index is 427. The van der Waals surface area contributed by atoms with Gasteiger partial charge >= 0.3 is 0 Å². The fourth-order valence-electron chi connectivity index (χ4n) is 2.35. The second kappa shape index (κ2) is 7.62. The summed E-state index contributed by atoms with van der Waals surface area (Å²) in [6.45, 7) is 8.46. The van der Waals surface area contributed by atoms with Crippen molar-refractivity contribution in [3.63, 3.8) is 0 Å². The van der Waals surface area contributed by atoms with Crippen LogP contribution in [0, 0.1) is 0 Å². The molecule has 1 aromatic carbocycles. The number of rotatable bonds is 5. The van der Waals surface area contributed by atoms with Gasteiger partial charge in [0.05, 0.1) is 0 Å². The third-order valence-electron chi connectivity index (χ3n) is 3.70. The van der Waals surface area contributed by atoms with Gasteiger partial charge in [-0.3, -0.25) is 4.79 Å². The molecule has 0 aliphatic carbocycles. The summed E-state index contributed by atoms with van der Waals surface area (Å²) in [7, 11) is 0. The van der Waals surface area contributed by atoms with Crippen LogP contribution in [0.4, 0.5) is 5.69 Å². The van der Waals surface area contributed by atoms with Crippen molar-refractivity contribution in [1.29, 1.82) is 0 Å². The minimum Gasteiger partial charge on any atom is -0.326 e. The van der Waals surface area contributed by atoms with Crippen molar-refractivity contribution in [2.75, 3.05) is 44.6 Å². The van der Waals surface area contributed by atoms with Crippen molar-refractivity contribution in [2.45, 2.75) is 13.3 Å². The van der Waals surface area contributed by atoms with Crippen LogP contribution in [0.5, 0.6) is 0 Å². The molecule has 1 aliphatic heterocycles. The number of hydrogen-bond acceptors (Lipinski definition) is 3. The number of amides is 1. The van der Waals surface area contributed by atoms with E-state index >= 15 is 0 Å². The number of likely N-dealkylation sites (N-methyl/N-ethyl adjacent to an activating group) is 1. The number of nitrogens with zero attached hydrogens (tertiary/aromatic N) is 2. The maximum absolute atomic E-state index is 11.9. The van der Waals surface area contributed by atoms with E-state index < -0.39 is 0 Å². The Morgan fingerprint density at radius 3 is 2.35 bits per heavy atom. The lowest BCUT2D eigenvalue weighted by molar-refractivity contribution is -0.116. The summed E-state index contributed by atoms with van der Waals surface area (Å²) >= 11 is 5.81. The van der Waals surface area contributed by atoms with Crippen LogP contribution in [-0.2, 0) is 4.79 Å². The molecule has 1 aromatic rings. The molecule has 20 heavy (non-hydrogen) atoms. The SMILES string of the molecule is CCN1CCN(CCC(=O)Nc2ccc(Cl)cc2)CC1. The van der Waals surface area contributed by atoms with E-state index in [4.69, 9.17) is 11.6 Å². The van der Waals surface area contributed by atoms with E-state index in [2.05, 4.69) is 22.0 Å². The van der Waals surface area contributed by atoms with Crippen molar-refractivity contribution < 1.29 is 4.79 Å². The van der Waals surface area contributed by atoms with Crippen LogP contribution in [-0.4, -0.2) is 55.0 Å². The van der Waals surface area contributed by atoms with Gasteiger partial charge in [-0.1, -0.05) is 18.5 Å². The molecule has 4 nitrogen and oxygen atoms in total. The van der Waals surface area contributed by atoms with Gasteiger partial charge in [0.2, 0.25) is 5.91 Å². The maximum atomic E-state index is 11.9. The Morgan fingerprint density at radius 2 is 1.75 bits per heavy atom. The molecule has 1 fully saturated rings. The highest BCUT2D eigenvalue weighted by atomic mass is 35.5. The van der Waals surface area contributed by atoms with Crippen LogP contribution in [0.25, 0.3) is 0 Å². The van der Waals surface area contributed by atoms with Crippen molar-refractivity contribution in [1.82, 2.24) is 9.80 Å². The van der Waals surface area contributed by atoms with Crippen LogP contribution >= 0.6 is 11.6 Å². The van der Waals surface area contributed by atoms with E-state index in [0.717, 1.165) is 45.0 Å². The third kappa shape index (κ3) is 4.78. The van der Waals surface area contributed by atoms with Crippen LogP contribution < -0.4 is 5.32 Å². The van der Waals surface area contributed by atoms with Gasteiger partial charge in [-0.2, -0.15) is 0 Å². The van der Waals surface area contributed by atoms with Crippen molar-refractivity contribution in [2.24, 2.45) is 0 Å². The fraction of sp³-hybridized carbons (Fsp3) is 0.533. The molecule has 0 aromatic heterocycles. The highest BCUT2D eigenvalue weighted by molar-refractivity contribution is 6.30. The quantitative estimate of drug-likeness (QED) is 0.905. The zero-order valence-corrected chi connectivity index (χ0v) is 12.7. The summed E-state index contributed by atoms with van der Waals surface area (Å²) in [6.07, 6.45) is 0.536. The standard InChI is InChI=1S/C15H22ClN3O/c1-2-18-9-11-19(12-10-18)8-7-15(20)17-14-5-3-13(16)4-6-14/h3-6H,2,7-12H2,1H3,(H,17,20). The van der Waals surface area contributed by atoms with E-state index in [0.29, 0.717) is 11.4 Å². The lowest BCUT2D eigenvalue weighted by Gasteiger charge is -2.33. The Kier molecular flexibility index (Phi) is 5.83. The first-order chi connectivity index (χ1) is 9.67. The summed E-state index contributed by atoms with van der Waals surface area (Å²) in [5.41, 5.74) is 0.801. The number of benzene rings is 1. The number of hydrogen-bond donors (Lipinski definition) is 1. The molecule has 2 rings (SSSR count). The number of carbonyl (C=O) groups is 1. The van der Waals surface area contributed by atoms with Crippen LogP contribution in [0.1, 0.15) is 13.3 Å². The van der Waals surface area contributed by atoms with Gasteiger partial charge in [0, 0.05) is 49.9 Å². The molecule has 1 heterocycles. The lowest BCUT2D eigenvalue weighted by Crippen LogP contribution is -2.46. The van der Waals surface area contributed by atoms with Crippen LogP contribution in [0.3, 0.4) is 0 Å². The molecule has 0 saturated carbocycles. The zero-order chi connectivity index (χ0) is 14.4. The first-order valence-electron chi connectivity index (χ1n) is 7.17. The summed E-state index contributed by atoms with van der Waals surface area (Å²) in [5, 5.41) is 3.57. The van der Waals surface area contributed by atoms with Crippen molar-refractivity contribution in [3.8, 4) is 0 Å². The Morgan fingerprint density at radius 1 is 1.15 bits per heavy atom. The van der Waals surface area contributed by atoms with Gasteiger partial charge in [-0.25, -0.2) is 0 Å². The fourth-order valence-corrected chi connectivity index (χ4v) is 2.47. The topological polar surface area (TPSA) is 35.6 Å². The van der Waals surface area contributed by atoms with E-state index in [-0.39, 0.29) is 5.91 Å². The van der Waals surface area contributed by atoms with Gasteiger partial charge in [0.15, 0.2) is 0 Å². The minimum absolute atomic E-state index is 0.0604. The Hall–Kier alpha value is -1.10. The van der Waals surface area contributed by atoms with E-state index in [1.54, 1.807) is 12.1 Å². The second-order valence-corrected chi connectivity index (χ2v) is 5.52. The van der Waals surface area contributed by atoms with Crippen LogP contribution in [0.15, 0.2) is 24.3 Å². The number of nitrogens with one attached hydrogen (secondary N) is 1. The van der Waals surface area contributed by atoms with E-state index in [1.165, 1.54) is 0 Å². The largest absolute Gasteiger partial charge is 0.326 e. The normalized spacial score (nSPS) is 17.1. The average Bonchev–Trinajstić information content (AvgIpc) is 2.48. The van der Waals surface area contributed by atoms with Gasteiger partial charge in [0.1, 0.15) is 0 Å².